The van der Waals surface area contributed by atoms with Gasteiger partial charge >= 0.3 is 5.97 Å². The van der Waals surface area contributed by atoms with Crippen LogP contribution in [0, 0.1) is 0 Å². The number of rotatable bonds is 5. The molecule has 98 valence electrons. The predicted molar refractivity (Wildman–Crippen MR) is 64.7 cm³/mol. The third-order valence-electron chi connectivity index (χ3n) is 3.61. The molecule has 1 aliphatic heterocycles. The minimum absolute atomic E-state index is 0.184. The predicted octanol–water partition coefficient (Wildman–Crippen LogP) is 0.888. The topological polar surface area (TPSA) is 78.4 Å². The minimum atomic E-state index is -1.11. The second kappa shape index (κ2) is 6.00. The van der Waals surface area contributed by atoms with Crippen molar-refractivity contribution in [1.29, 1.82) is 0 Å². The first-order chi connectivity index (χ1) is 8.05. The van der Waals surface area contributed by atoms with Gasteiger partial charge in [0, 0.05) is 0 Å². The number of aliphatic carboxylic acids is 1. The first kappa shape index (κ1) is 14.0. The average molecular weight is 242 g/mol. The van der Waals surface area contributed by atoms with Crippen LogP contribution in [0.5, 0.6) is 0 Å². The van der Waals surface area contributed by atoms with Gasteiger partial charge in [0.1, 0.15) is 5.54 Å². The number of carbonyl (C=O) groups excluding carboxylic acids is 1. The fourth-order valence-electron chi connectivity index (χ4n) is 2.18. The molecule has 0 unspecified atom stereocenters. The molecule has 0 spiro atoms. The van der Waals surface area contributed by atoms with E-state index in [-0.39, 0.29) is 11.9 Å². The summed E-state index contributed by atoms with van der Waals surface area (Å²) in [6.45, 7) is 4.40. The maximum atomic E-state index is 12.0. The summed E-state index contributed by atoms with van der Waals surface area (Å²) < 4.78 is 0. The molecule has 1 heterocycles. The van der Waals surface area contributed by atoms with Crippen LogP contribution in [-0.4, -0.2) is 35.1 Å². The highest BCUT2D eigenvalue weighted by atomic mass is 16.4. The molecule has 1 atom stereocenters. The van der Waals surface area contributed by atoms with E-state index in [0.29, 0.717) is 12.8 Å². The normalized spacial score (nSPS) is 20.9. The molecule has 0 aromatic rings. The summed E-state index contributed by atoms with van der Waals surface area (Å²) in [5.41, 5.74) is -1.11. The van der Waals surface area contributed by atoms with E-state index in [1.165, 1.54) is 0 Å². The summed E-state index contributed by atoms with van der Waals surface area (Å²) in [6, 6.07) is -0.236. The molecule has 1 rings (SSSR count). The van der Waals surface area contributed by atoms with E-state index >= 15 is 0 Å². The summed E-state index contributed by atoms with van der Waals surface area (Å²) in [4.78, 5) is 23.3. The van der Waals surface area contributed by atoms with Crippen molar-refractivity contribution in [3.8, 4) is 0 Å². The number of piperidine rings is 1. The van der Waals surface area contributed by atoms with Crippen molar-refractivity contribution in [1.82, 2.24) is 10.6 Å². The third-order valence-corrected chi connectivity index (χ3v) is 3.61. The van der Waals surface area contributed by atoms with Gasteiger partial charge in [-0.3, -0.25) is 4.79 Å². The van der Waals surface area contributed by atoms with E-state index in [4.69, 9.17) is 0 Å². The van der Waals surface area contributed by atoms with Crippen LogP contribution < -0.4 is 10.6 Å². The molecule has 0 aromatic carbocycles. The lowest BCUT2D eigenvalue weighted by Gasteiger charge is -2.31. The smallest absolute Gasteiger partial charge is 0.329 e. The molecule has 1 amide bonds. The SMILES string of the molecule is CCC(CC)(NC(=O)[C@@H]1CCCCN1)C(=O)O. The summed E-state index contributed by atoms with van der Waals surface area (Å²) in [5, 5.41) is 15.1. The molecule has 0 radical (unpaired) electrons. The van der Waals surface area contributed by atoms with Gasteiger partial charge in [0.25, 0.3) is 0 Å². The lowest BCUT2D eigenvalue weighted by Crippen LogP contribution is -2.58. The molecule has 3 N–H and O–H groups in total. The third kappa shape index (κ3) is 3.19. The molecule has 0 saturated carbocycles. The number of hydrogen-bond donors (Lipinski definition) is 3. The Morgan fingerprint density at radius 1 is 1.35 bits per heavy atom. The van der Waals surface area contributed by atoms with E-state index in [1.54, 1.807) is 13.8 Å². The number of hydrogen-bond acceptors (Lipinski definition) is 3. The zero-order chi connectivity index (χ0) is 12.9. The highest BCUT2D eigenvalue weighted by Crippen LogP contribution is 2.17. The van der Waals surface area contributed by atoms with Crippen molar-refractivity contribution in [2.24, 2.45) is 0 Å². The maximum Gasteiger partial charge on any atom is 0.329 e. The van der Waals surface area contributed by atoms with Gasteiger partial charge in [0.05, 0.1) is 6.04 Å². The van der Waals surface area contributed by atoms with Gasteiger partial charge in [-0.25, -0.2) is 4.79 Å². The molecular weight excluding hydrogens is 220 g/mol. The molecule has 1 aliphatic rings. The van der Waals surface area contributed by atoms with Gasteiger partial charge in [-0.15, -0.1) is 0 Å². The van der Waals surface area contributed by atoms with Crippen LogP contribution in [0.4, 0.5) is 0 Å². The molecule has 1 saturated heterocycles. The molecule has 0 bridgehead atoms. The van der Waals surface area contributed by atoms with E-state index in [2.05, 4.69) is 10.6 Å². The molecule has 5 heteroatoms. The fourth-order valence-corrected chi connectivity index (χ4v) is 2.18. The summed E-state index contributed by atoms with van der Waals surface area (Å²) >= 11 is 0. The molecule has 0 aromatic heterocycles. The van der Waals surface area contributed by atoms with Crippen molar-refractivity contribution >= 4 is 11.9 Å². The Hall–Kier alpha value is -1.10. The van der Waals surface area contributed by atoms with E-state index in [0.717, 1.165) is 25.8 Å². The molecule has 17 heavy (non-hydrogen) atoms. The van der Waals surface area contributed by atoms with Gasteiger partial charge in [-0.1, -0.05) is 20.3 Å². The van der Waals surface area contributed by atoms with Crippen LogP contribution in [0.3, 0.4) is 0 Å². The zero-order valence-electron chi connectivity index (χ0n) is 10.6. The Kier molecular flexibility index (Phi) is 4.93. The highest BCUT2D eigenvalue weighted by Gasteiger charge is 2.38. The van der Waals surface area contributed by atoms with Crippen LogP contribution in [0.2, 0.25) is 0 Å². The van der Waals surface area contributed by atoms with Crippen LogP contribution in [-0.2, 0) is 9.59 Å². The van der Waals surface area contributed by atoms with Crippen molar-refractivity contribution in [2.45, 2.75) is 57.5 Å². The highest BCUT2D eigenvalue weighted by molar-refractivity contribution is 5.89. The van der Waals surface area contributed by atoms with Crippen LogP contribution in [0.15, 0.2) is 0 Å². The first-order valence-electron chi connectivity index (χ1n) is 6.34. The molecule has 1 fully saturated rings. The number of nitrogens with one attached hydrogen (secondary N) is 2. The Morgan fingerprint density at radius 2 is 2.00 bits per heavy atom. The number of amides is 1. The van der Waals surface area contributed by atoms with E-state index in [9.17, 15) is 14.7 Å². The standard InChI is InChI=1S/C12H22N2O3/c1-3-12(4-2,11(16)17)14-10(15)9-7-5-6-8-13-9/h9,13H,3-8H2,1-2H3,(H,14,15)(H,16,17)/t9-/m0/s1. The van der Waals surface area contributed by atoms with Gasteiger partial charge in [0.15, 0.2) is 0 Å². The van der Waals surface area contributed by atoms with Gasteiger partial charge < -0.3 is 15.7 Å². The summed E-state index contributed by atoms with van der Waals surface area (Å²) in [5.74, 6) is -1.14. The lowest BCUT2D eigenvalue weighted by atomic mass is 9.92. The Balaban J connectivity index is 2.66. The average Bonchev–Trinajstić information content (AvgIpc) is 2.36. The van der Waals surface area contributed by atoms with Crippen LogP contribution >= 0.6 is 0 Å². The Morgan fingerprint density at radius 3 is 2.41 bits per heavy atom. The first-order valence-corrected chi connectivity index (χ1v) is 6.34. The largest absolute Gasteiger partial charge is 0.480 e. The van der Waals surface area contributed by atoms with Crippen molar-refractivity contribution in [2.75, 3.05) is 6.54 Å². The molecule has 0 aliphatic carbocycles. The zero-order valence-corrected chi connectivity index (χ0v) is 10.6. The van der Waals surface area contributed by atoms with Gasteiger partial charge in [-0.05, 0) is 32.2 Å². The van der Waals surface area contributed by atoms with E-state index < -0.39 is 11.5 Å². The number of carboxylic acid groups (broad SMARTS) is 1. The Bertz CT molecular complexity index is 281. The molecule has 5 nitrogen and oxygen atoms in total. The van der Waals surface area contributed by atoms with Crippen molar-refractivity contribution < 1.29 is 14.7 Å². The van der Waals surface area contributed by atoms with Crippen LogP contribution in [0.25, 0.3) is 0 Å². The summed E-state index contributed by atoms with van der Waals surface area (Å²) in [7, 11) is 0. The van der Waals surface area contributed by atoms with Gasteiger partial charge in [-0.2, -0.15) is 0 Å². The second-order valence-electron chi connectivity index (χ2n) is 4.59. The quantitative estimate of drug-likeness (QED) is 0.669. The fraction of sp³-hybridized carbons (Fsp3) is 0.833. The maximum absolute atomic E-state index is 12.0. The van der Waals surface area contributed by atoms with E-state index in [1.807, 2.05) is 0 Å². The van der Waals surface area contributed by atoms with Crippen molar-refractivity contribution in [3.63, 3.8) is 0 Å². The second-order valence-corrected chi connectivity index (χ2v) is 4.59. The Labute approximate surface area is 102 Å². The van der Waals surface area contributed by atoms with Gasteiger partial charge in [0.2, 0.25) is 5.91 Å². The van der Waals surface area contributed by atoms with Crippen molar-refractivity contribution in [3.05, 3.63) is 0 Å². The number of carbonyl (C=O) groups is 2. The monoisotopic (exact) mass is 242 g/mol. The number of carboxylic acids is 1. The molecular formula is C12H22N2O3. The summed E-state index contributed by atoms with van der Waals surface area (Å²) in [6.07, 6.45) is 3.68. The lowest BCUT2D eigenvalue weighted by molar-refractivity contribution is -0.148. The van der Waals surface area contributed by atoms with Crippen LogP contribution in [0.1, 0.15) is 46.0 Å². The minimum Gasteiger partial charge on any atom is -0.480 e.